The van der Waals surface area contributed by atoms with E-state index in [-0.39, 0.29) is 12.0 Å². The lowest BCUT2D eigenvalue weighted by Gasteiger charge is -2.37. The Morgan fingerprint density at radius 2 is 1.64 bits per heavy atom. The molecule has 0 aromatic heterocycles. The molecular weight excluding hydrogens is 370 g/mol. The summed E-state index contributed by atoms with van der Waals surface area (Å²) in [6.45, 7) is 12.4. The molecule has 0 saturated carbocycles. The van der Waals surface area contributed by atoms with Gasteiger partial charge in [0, 0.05) is 66.3 Å². The van der Waals surface area contributed by atoms with Gasteiger partial charge in [0.05, 0.1) is 13.2 Å². The molecule has 2 rings (SSSR count). The van der Waals surface area contributed by atoms with Crippen molar-refractivity contribution in [3.05, 3.63) is 0 Å². The first-order chi connectivity index (χ1) is 13.3. The van der Waals surface area contributed by atoms with Crippen LogP contribution in [0.25, 0.3) is 0 Å². The highest BCUT2D eigenvalue weighted by atomic mass is 16.5. The minimum absolute atomic E-state index is 0.138. The fourth-order valence-corrected chi connectivity index (χ4v) is 2.56. The van der Waals surface area contributed by atoms with Gasteiger partial charge in [-0.15, -0.1) is 0 Å². The van der Waals surface area contributed by atoms with Crippen LogP contribution >= 0.6 is 0 Å². The van der Waals surface area contributed by atoms with E-state index in [4.69, 9.17) is 29.3 Å². The molecule has 28 heavy (non-hydrogen) atoms. The van der Waals surface area contributed by atoms with E-state index < -0.39 is 11.9 Å². The van der Waals surface area contributed by atoms with E-state index in [1.807, 2.05) is 4.90 Å². The summed E-state index contributed by atoms with van der Waals surface area (Å²) in [5, 5.41) is 18.0. The van der Waals surface area contributed by atoms with Crippen LogP contribution in [-0.4, -0.2) is 110 Å². The maximum absolute atomic E-state index is 12.3. The van der Waals surface area contributed by atoms with Gasteiger partial charge in [-0.2, -0.15) is 0 Å². The Labute approximate surface area is 166 Å². The van der Waals surface area contributed by atoms with Crippen LogP contribution in [0, 0.1) is 0 Å². The fraction of sp³-hybridized carbons (Fsp3) is 0.833. The molecule has 1 amide bonds. The Balaban J connectivity index is 0.000000776. The number of aliphatic carboxylic acids is 2. The molecule has 2 heterocycles. The van der Waals surface area contributed by atoms with E-state index in [0.717, 1.165) is 72.8 Å². The summed E-state index contributed by atoms with van der Waals surface area (Å²) >= 11 is 0. The van der Waals surface area contributed by atoms with Crippen LogP contribution in [0.1, 0.15) is 27.2 Å². The average Bonchev–Trinajstić information content (AvgIpc) is 2.65. The topological polar surface area (TPSA) is 129 Å². The molecule has 2 aliphatic rings. The molecule has 2 saturated heterocycles. The maximum Gasteiger partial charge on any atom is 0.300 e. The van der Waals surface area contributed by atoms with E-state index >= 15 is 0 Å². The largest absolute Gasteiger partial charge is 0.481 e. The molecule has 3 N–H and O–H groups in total. The van der Waals surface area contributed by atoms with Gasteiger partial charge >= 0.3 is 0 Å². The summed E-state index contributed by atoms with van der Waals surface area (Å²) < 4.78 is 11.0. The number of nitrogens with zero attached hydrogens (tertiary/aromatic N) is 2. The van der Waals surface area contributed by atoms with Gasteiger partial charge in [-0.3, -0.25) is 19.3 Å². The first-order valence-electron chi connectivity index (χ1n) is 9.58. The van der Waals surface area contributed by atoms with E-state index in [9.17, 15) is 4.79 Å². The second-order valence-corrected chi connectivity index (χ2v) is 6.38. The monoisotopic (exact) mass is 405 g/mol. The number of ether oxygens (including phenoxy) is 2. The Kier molecular flexibility index (Phi) is 15.2. The van der Waals surface area contributed by atoms with Gasteiger partial charge < -0.3 is 29.9 Å². The number of carboxylic acid groups (broad SMARTS) is 2. The zero-order valence-electron chi connectivity index (χ0n) is 17.2. The molecule has 0 bridgehead atoms. The van der Waals surface area contributed by atoms with Gasteiger partial charge in [-0.05, 0) is 6.42 Å². The molecule has 2 aliphatic heterocycles. The van der Waals surface area contributed by atoms with Crippen molar-refractivity contribution in [2.45, 2.75) is 33.3 Å². The number of rotatable bonds is 6. The van der Waals surface area contributed by atoms with E-state index in [1.165, 1.54) is 0 Å². The second-order valence-electron chi connectivity index (χ2n) is 6.38. The van der Waals surface area contributed by atoms with Crippen molar-refractivity contribution in [3.8, 4) is 0 Å². The second kappa shape index (κ2) is 16.2. The maximum atomic E-state index is 12.3. The number of piperazine rings is 1. The molecule has 10 nitrogen and oxygen atoms in total. The van der Waals surface area contributed by atoms with Crippen molar-refractivity contribution in [2.75, 3.05) is 65.6 Å². The first kappa shape index (κ1) is 26.2. The van der Waals surface area contributed by atoms with Crippen molar-refractivity contribution in [2.24, 2.45) is 0 Å². The number of morpholine rings is 1. The van der Waals surface area contributed by atoms with Crippen LogP contribution in [0.2, 0.25) is 0 Å². The SMILES string of the molecule is CC(=O)O.CC(=O)O.CCCOCCN1CCN(C(=O)C2CNCCO2)CC1. The molecule has 10 heteroatoms. The van der Waals surface area contributed by atoms with Crippen molar-refractivity contribution in [1.82, 2.24) is 15.1 Å². The summed E-state index contributed by atoms with van der Waals surface area (Å²) in [7, 11) is 0. The molecule has 1 unspecified atom stereocenters. The minimum Gasteiger partial charge on any atom is -0.481 e. The van der Waals surface area contributed by atoms with Crippen LogP contribution in [0.3, 0.4) is 0 Å². The number of hydrogen-bond donors (Lipinski definition) is 3. The van der Waals surface area contributed by atoms with Gasteiger partial charge in [0.25, 0.3) is 17.8 Å². The lowest BCUT2D eigenvalue weighted by Crippen LogP contribution is -2.55. The fourth-order valence-electron chi connectivity index (χ4n) is 2.56. The molecule has 0 aromatic rings. The molecule has 0 spiro atoms. The van der Waals surface area contributed by atoms with E-state index in [1.54, 1.807) is 0 Å². The van der Waals surface area contributed by atoms with Crippen LogP contribution < -0.4 is 5.32 Å². The Morgan fingerprint density at radius 3 is 2.11 bits per heavy atom. The van der Waals surface area contributed by atoms with Crippen molar-refractivity contribution in [1.29, 1.82) is 0 Å². The summed E-state index contributed by atoms with van der Waals surface area (Å²) in [5.74, 6) is -1.53. The Hall–Kier alpha value is -1.75. The highest BCUT2D eigenvalue weighted by Crippen LogP contribution is 2.07. The van der Waals surface area contributed by atoms with Crippen molar-refractivity contribution in [3.63, 3.8) is 0 Å². The highest BCUT2D eigenvalue weighted by Gasteiger charge is 2.29. The molecule has 0 aromatic carbocycles. The molecule has 164 valence electrons. The molecule has 0 radical (unpaired) electrons. The Morgan fingerprint density at radius 1 is 1.07 bits per heavy atom. The van der Waals surface area contributed by atoms with Gasteiger partial charge in [-0.25, -0.2) is 0 Å². The normalized spacial score (nSPS) is 19.5. The standard InChI is InChI=1S/C14H27N3O3.2C2H4O2/c1-2-9-19-11-8-16-4-6-17(7-5-16)14(18)13-12-15-3-10-20-13;2*1-2(3)4/h13,15H,2-12H2,1H3;2*1H3,(H,3,4). The average molecular weight is 405 g/mol. The first-order valence-corrected chi connectivity index (χ1v) is 9.58. The summed E-state index contributed by atoms with van der Waals surface area (Å²) in [4.78, 5) is 34.6. The van der Waals surface area contributed by atoms with Crippen LogP contribution in [-0.2, 0) is 23.9 Å². The molecular formula is C18H35N3O7. The zero-order valence-corrected chi connectivity index (χ0v) is 17.2. The lowest BCUT2D eigenvalue weighted by molar-refractivity contribution is -0.147. The van der Waals surface area contributed by atoms with Crippen LogP contribution in [0.4, 0.5) is 0 Å². The van der Waals surface area contributed by atoms with Crippen molar-refractivity contribution >= 4 is 17.8 Å². The minimum atomic E-state index is -0.833. The number of hydrogen-bond acceptors (Lipinski definition) is 7. The zero-order chi connectivity index (χ0) is 21.4. The number of carbonyl (C=O) groups excluding carboxylic acids is 1. The number of nitrogens with one attached hydrogen (secondary N) is 1. The lowest BCUT2D eigenvalue weighted by atomic mass is 10.2. The molecule has 1 atom stereocenters. The number of carbonyl (C=O) groups is 3. The van der Waals surface area contributed by atoms with Gasteiger partial charge in [-0.1, -0.05) is 6.92 Å². The van der Waals surface area contributed by atoms with Gasteiger partial charge in [0.1, 0.15) is 6.10 Å². The van der Waals surface area contributed by atoms with Gasteiger partial charge in [0.2, 0.25) is 0 Å². The third kappa shape index (κ3) is 14.3. The molecule has 0 aliphatic carbocycles. The van der Waals surface area contributed by atoms with Gasteiger partial charge in [0.15, 0.2) is 0 Å². The van der Waals surface area contributed by atoms with Crippen LogP contribution in [0.5, 0.6) is 0 Å². The summed E-state index contributed by atoms with van der Waals surface area (Å²) in [5.41, 5.74) is 0. The quantitative estimate of drug-likeness (QED) is 0.511. The van der Waals surface area contributed by atoms with Crippen LogP contribution in [0.15, 0.2) is 0 Å². The summed E-state index contributed by atoms with van der Waals surface area (Å²) in [6, 6.07) is 0. The highest BCUT2D eigenvalue weighted by molar-refractivity contribution is 5.81. The predicted octanol–water partition coefficient (Wildman–Crippen LogP) is -0.273. The Bertz CT molecular complexity index is 428. The third-order valence-corrected chi connectivity index (χ3v) is 3.79. The third-order valence-electron chi connectivity index (χ3n) is 3.79. The number of amides is 1. The van der Waals surface area contributed by atoms with E-state index in [2.05, 4.69) is 17.1 Å². The number of carboxylic acids is 2. The summed E-state index contributed by atoms with van der Waals surface area (Å²) in [6.07, 6.45) is 0.778. The van der Waals surface area contributed by atoms with E-state index in [0.29, 0.717) is 13.2 Å². The smallest absolute Gasteiger partial charge is 0.300 e. The molecule has 2 fully saturated rings. The van der Waals surface area contributed by atoms with Crippen molar-refractivity contribution < 1.29 is 34.1 Å². The predicted molar refractivity (Wildman–Crippen MR) is 103 cm³/mol.